The number of benzene rings is 1. The summed E-state index contributed by atoms with van der Waals surface area (Å²) in [6.07, 6.45) is 7.84. The van der Waals surface area contributed by atoms with Crippen molar-refractivity contribution in [2.75, 3.05) is 19.8 Å². The third kappa shape index (κ3) is 3.78. The van der Waals surface area contributed by atoms with Crippen molar-refractivity contribution in [1.82, 2.24) is 0 Å². The van der Waals surface area contributed by atoms with Gasteiger partial charge in [-0.3, -0.25) is 4.79 Å². The van der Waals surface area contributed by atoms with Crippen molar-refractivity contribution >= 4 is 5.97 Å². The number of fused-ring (bicyclic) bond motifs is 1. The fourth-order valence-corrected chi connectivity index (χ4v) is 2.63. The molecule has 0 bridgehead atoms. The molecule has 1 unspecified atom stereocenters. The molecule has 1 aliphatic heterocycles. The maximum absolute atomic E-state index is 11.9. The highest BCUT2D eigenvalue weighted by atomic mass is 16.6. The van der Waals surface area contributed by atoms with Crippen molar-refractivity contribution in [3.05, 3.63) is 35.9 Å². The van der Waals surface area contributed by atoms with Crippen LogP contribution in [0.15, 0.2) is 30.4 Å². The van der Waals surface area contributed by atoms with E-state index in [1.165, 1.54) is 0 Å². The van der Waals surface area contributed by atoms with E-state index >= 15 is 0 Å². The number of carbonyl (C=O) groups is 1. The number of ether oxygens (including phenoxy) is 3. The Hall–Kier alpha value is -1.97. The van der Waals surface area contributed by atoms with Crippen LogP contribution in [0.1, 0.15) is 24.8 Å². The molecule has 1 aromatic carbocycles. The van der Waals surface area contributed by atoms with Gasteiger partial charge in [0.1, 0.15) is 13.2 Å². The highest BCUT2D eigenvalue weighted by molar-refractivity contribution is 5.73. The van der Waals surface area contributed by atoms with Gasteiger partial charge in [-0.25, -0.2) is 0 Å². The summed E-state index contributed by atoms with van der Waals surface area (Å²) >= 11 is 0. The highest BCUT2D eigenvalue weighted by Gasteiger charge is 2.15. The summed E-state index contributed by atoms with van der Waals surface area (Å²) < 4.78 is 16.4. The Labute approximate surface area is 124 Å². The third-order valence-electron chi connectivity index (χ3n) is 3.81. The van der Waals surface area contributed by atoms with Gasteiger partial charge >= 0.3 is 5.97 Å². The zero-order valence-corrected chi connectivity index (χ0v) is 12.0. The van der Waals surface area contributed by atoms with Gasteiger partial charge in [0.25, 0.3) is 0 Å². The number of carbonyl (C=O) groups excluding carboxylic acids is 1. The van der Waals surface area contributed by atoms with E-state index in [-0.39, 0.29) is 12.4 Å². The van der Waals surface area contributed by atoms with Gasteiger partial charge in [-0.15, -0.1) is 0 Å². The summed E-state index contributed by atoms with van der Waals surface area (Å²) in [6, 6.07) is 5.60. The van der Waals surface area contributed by atoms with Crippen molar-refractivity contribution in [2.45, 2.75) is 25.7 Å². The predicted octanol–water partition coefficient (Wildman–Crippen LogP) is 2.90. The molecule has 0 aromatic heterocycles. The second kappa shape index (κ2) is 6.66. The topological polar surface area (TPSA) is 44.8 Å². The number of esters is 1. The van der Waals surface area contributed by atoms with E-state index in [4.69, 9.17) is 14.2 Å². The van der Waals surface area contributed by atoms with Crippen LogP contribution in [0.25, 0.3) is 0 Å². The van der Waals surface area contributed by atoms with Crippen LogP contribution in [0.2, 0.25) is 0 Å². The van der Waals surface area contributed by atoms with Crippen molar-refractivity contribution in [2.24, 2.45) is 5.92 Å². The Morgan fingerprint density at radius 2 is 2.05 bits per heavy atom. The lowest BCUT2D eigenvalue weighted by atomic mass is 9.95. The Bertz CT molecular complexity index is 536. The minimum absolute atomic E-state index is 0.179. The summed E-state index contributed by atoms with van der Waals surface area (Å²) in [6.45, 7) is 1.65. The first-order chi connectivity index (χ1) is 10.3. The predicted molar refractivity (Wildman–Crippen MR) is 78.6 cm³/mol. The quantitative estimate of drug-likeness (QED) is 0.631. The smallest absolute Gasteiger partial charge is 0.310 e. The molecule has 2 aliphatic rings. The lowest BCUT2D eigenvalue weighted by Crippen LogP contribution is -2.17. The standard InChI is InChI=1S/C17H20O4/c18-17(21-12-13-4-2-1-3-5-13)11-14-6-7-15-16(10-14)20-9-8-19-15/h1-2,6-7,10,13H,3-5,8-9,11-12H2. The van der Waals surface area contributed by atoms with Crippen LogP contribution < -0.4 is 9.47 Å². The van der Waals surface area contributed by atoms with Gasteiger partial charge in [-0.05, 0) is 42.9 Å². The molecule has 1 heterocycles. The minimum Gasteiger partial charge on any atom is -0.486 e. The summed E-state index contributed by atoms with van der Waals surface area (Å²) in [5, 5.41) is 0. The first-order valence-corrected chi connectivity index (χ1v) is 7.50. The number of hydrogen-bond acceptors (Lipinski definition) is 4. The Balaban J connectivity index is 1.51. The molecule has 4 nitrogen and oxygen atoms in total. The molecule has 0 saturated carbocycles. The van der Waals surface area contributed by atoms with Crippen LogP contribution in [0.5, 0.6) is 11.5 Å². The second-order valence-electron chi connectivity index (χ2n) is 5.49. The SMILES string of the molecule is O=C(Cc1ccc2c(c1)OCCO2)OCC1CC=CCC1. The van der Waals surface area contributed by atoms with Crippen LogP contribution >= 0.6 is 0 Å². The van der Waals surface area contributed by atoms with E-state index < -0.39 is 0 Å². The molecule has 0 spiro atoms. The maximum Gasteiger partial charge on any atom is 0.310 e. The average Bonchev–Trinajstić information content (AvgIpc) is 2.54. The summed E-state index contributed by atoms with van der Waals surface area (Å²) in [5.41, 5.74) is 0.896. The lowest BCUT2D eigenvalue weighted by Gasteiger charge is -2.19. The molecule has 0 fully saturated rings. The molecule has 0 N–H and O–H groups in total. The molecule has 1 aliphatic carbocycles. The molecule has 21 heavy (non-hydrogen) atoms. The summed E-state index contributed by atoms with van der Waals surface area (Å²) in [7, 11) is 0. The van der Waals surface area contributed by atoms with Gasteiger partial charge in [0, 0.05) is 0 Å². The van der Waals surface area contributed by atoms with Crippen LogP contribution in [-0.2, 0) is 16.0 Å². The summed E-state index contributed by atoms with van der Waals surface area (Å²) in [4.78, 5) is 11.9. The fourth-order valence-electron chi connectivity index (χ4n) is 2.63. The summed E-state index contributed by atoms with van der Waals surface area (Å²) in [5.74, 6) is 1.75. The van der Waals surface area contributed by atoms with Crippen molar-refractivity contribution < 1.29 is 19.0 Å². The molecule has 4 heteroatoms. The fraction of sp³-hybridized carbons (Fsp3) is 0.471. The van der Waals surface area contributed by atoms with E-state index in [0.29, 0.717) is 31.5 Å². The molecule has 3 rings (SSSR count). The third-order valence-corrected chi connectivity index (χ3v) is 3.81. The molecule has 112 valence electrons. The normalized spacial score (nSPS) is 20.1. The van der Waals surface area contributed by atoms with Crippen LogP contribution in [-0.4, -0.2) is 25.8 Å². The first kappa shape index (κ1) is 14.0. The maximum atomic E-state index is 11.9. The Morgan fingerprint density at radius 3 is 2.86 bits per heavy atom. The lowest BCUT2D eigenvalue weighted by molar-refractivity contribution is -0.144. The largest absolute Gasteiger partial charge is 0.486 e. The molecule has 0 amide bonds. The monoisotopic (exact) mass is 288 g/mol. The molecule has 0 saturated heterocycles. The van der Waals surface area contributed by atoms with Crippen molar-refractivity contribution in [1.29, 1.82) is 0 Å². The van der Waals surface area contributed by atoms with E-state index in [0.717, 1.165) is 30.6 Å². The zero-order chi connectivity index (χ0) is 14.5. The number of rotatable bonds is 4. The number of hydrogen-bond donors (Lipinski definition) is 0. The minimum atomic E-state index is -0.179. The zero-order valence-electron chi connectivity index (χ0n) is 12.0. The van der Waals surface area contributed by atoms with E-state index in [1.54, 1.807) is 0 Å². The van der Waals surface area contributed by atoms with Crippen molar-refractivity contribution in [3.8, 4) is 11.5 Å². The average molecular weight is 288 g/mol. The van der Waals surface area contributed by atoms with Gasteiger partial charge in [0.15, 0.2) is 11.5 Å². The van der Waals surface area contributed by atoms with Gasteiger partial charge in [-0.2, -0.15) is 0 Å². The van der Waals surface area contributed by atoms with Crippen LogP contribution in [0.3, 0.4) is 0 Å². The first-order valence-electron chi connectivity index (χ1n) is 7.50. The van der Waals surface area contributed by atoms with Crippen molar-refractivity contribution in [3.63, 3.8) is 0 Å². The van der Waals surface area contributed by atoms with Crippen LogP contribution in [0, 0.1) is 5.92 Å². The van der Waals surface area contributed by atoms with Crippen LogP contribution in [0.4, 0.5) is 0 Å². The molecular formula is C17H20O4. The second-order valence-corrected chi connectivity index (χ2v) is 5.49. The molecule has 0 radical (unpaired) electrons. The number of allylic oxidation sites excluding steroid dienone is 2. The van der Waals surface area contributed by atoms with E-state index in [2.05, 4.69) is 12.2 Å². The van der Waals surface area contributed by atoms with Gasteiger partial charge < -0.3 is 14.2 Å². The molecule has 1 atom stereocenters. The Morgan fingerprint density at radius 1 is 1.19 bits per heavy atom. The van der Waals surface area contributed by atoms with Gasteiger partial charge in [0.2, 0.25) is 0 Å². The highest BCUT2D eigenvalue weighted by Crippen LogP contribution is 2.31. The van der Waals surface area contributed by atoms with Gasteiger partial charge in [-0.1, -0.05) is 18.2 Å². The van der Waals surface area contributed by atoms with Gasteiger partial charge in [0.05, 0.1) is 13.0 Å². The molecule has 1 aromatic rings. The molecular weight excluding hydrogens is 268 g/mol. The Kier molecular flexibility index (Phi) is 4.43. The van der Waals surface area contributed by atoms with E-state index in [9.17, 15) is 4.79 Å². The van der Waals surface area contributed by atoms with E-state index in [1.807, 2.05) is 18.2 Å².